The molecule has 7 heteroatoms. The Kier molecular flexibility index (Phi) is 3.89. The number of hydrogen-bond acceptors (Lipinski definition) is 4. The summed E-state index contributed by atoms with van der Waals surface area (Å²) in [6, 6.07) is 14.5. The van der Waals surface area contributed by atoms with Crippen molar-refractivity contribution in [3.8, 4) is 6.07 Å². The van der Waals surface area contributed by atoms with Crippen molar-refractivity contribution in [3.63, 3.8) is 0 Å². The summed E-state index contributed by atoms with van der Waals surface area (Å²) in [7, 11) is -3.75. The Bertz CT molecular complexity index is 889. The van der Waals surface area contributed by atoms with Crippen molar-refractivity contribution in [2.24, 2.45) is 5.73 Å². The molecule has 0 heterocycles. The zero-order valence-corrected chi connectivity index (χ0v) is 14.1. The molecule has 23 heavy (non-hydrogen) atoms. The molecular formula is C16H12Cl2N2O2S. The fourth-order valence-corrected chi connectivity index (χ4v) is 5.27. The van der Waals surface area contributed by atoms with Crippen LogP contribution in [0.4, 0.5) is 0 Å². The minimum atomic E-state index is -3.75. The molecule has 0 amide bonds. The van der Waals surface area contributed by atoms with Crippen molar-refractivity contribution in [2.75, 3.05) is 0 Å². The topological polar surface area (TPSA) is 83.9 Å². The zero-order chi connectivity index (χ0) is 16.8. The van der Waals surface area contributed by atoms with Crippen LogP contribution in [0.15, 0.2) is 53.4 Å². The molecule has 1 aliphatic rings. The molecular weight excluding hydrogens is 355 g/mol. The van der Waals surface area contributed by atoms with Crippen LogP contribution in [0.2, 0.25) is 10.0 Å². The predicted octanol–water partition coefficient (Wildman–Crippen LogP) is 3.15. The summed E-state index contributed by atoms with van der Waals surface area (Å²) in [5.74, 6) is -0.592. The number of hydrogen-bond donors (Lipinski definition) is 1. The maximum atomic E-state index is 12.8. The quantitative estimate of drug-likeness (QED) is 0.903. The molecule has 0 unspecified atom stereocenters. The second-order valence-electron chi connectivity index (χ2n) is 5.49. The van der Waals surface area contributed by atoms with E-state index in [9.17, 15) is 13.7 Å². The van der Waals surface area contributed by atoms with Crippen molar-refractivity contribution in [3.05, 3.63) is 64.1 Å². The Labute approximate surface area is 144 Å². The Morgan fingerprint density at radius 2 is 1.48 bits per heavy atom. The predicted molar refractivity (Wildman–Crippen MR) is 89.2 cm³/mol. The molecule has 2 N–H and O–H groups in total. The molecule has 3 rings (SSSR count). The molecule has 0 radical (unpaired) electrons. The average Bonchev–Trinajstić information content (AvgIpc) is 3.16. The van der Waals surface area contributed by atoms with E-state index in [1.54, 1.807) is 24.3 Å². The maximum absolute atomic E-state index is 12.8. The number of benzene rings is 2. The van der Waals surface area contributed by atoms with Gasteiger partial charge in [-0.2, -0.15) is 5.26 Å². The van der Waals surface area contributed by atoms with Gasteiger partial charge < -0.3 is 5.73 Å². The van der Waals surface area contributed by atoms with Crippen molar-refractivity contribution < 1.29 is 8.42 Å². The first-order valence-electron chi connectivity index (χ1n) is 6.76. The smallest absolute Gasteiger partial charge is 0.184 e. The third-order valence-corrected chi connectivity index (χ3v) is 6.84. The van der Waals surface area contributed by atoms with E-state index in [1.807, 2.05) is 6.07 Å². The van der Waals surface area contributed by atoms with Gasteiger partial charge in [-0.15, -0.1) is 0 Å². The fourth-order valence-electron chi connectivity index (χ4n) is 2.83. The summed E-state index contributed by atoms with van der Waals surface area (Å²) in [6.45, 7) is 0. The van der Waals surface area contributed by atoms with Gasteiger partial charge in [0.05, 0.1) is 11.0 Å². The highest BCUT2D eigenvalue weighted by atomic mass is 35.5. The Hall–Kier alpha value is -1.58. The molecule has 0 saturated heterocycles. The van der Waals surface area contributed by atoms with E-state index in [-0.39, 0.29) is 4.90 Å². The Balaban J connectivity index is 2.03. The lowest BCUT2D eigenvalue weighted by Crippen LogP contribution is -2.29. The Morgan fingerprint density at radius 3 is 1.96 bits per heavy atom. The van der Waals surface area contributed by atoms with Crippen molar-refractivity contribution in [2.45, 2.75) is 21.6 Å². The van der Waals surface area contributed by atoms with Gasteiger partial charge in [-0.1, -0.05) is 35.3 Å². The van der Waals surface area contributed by atoms with Crippen LogP contribution in [0.1, 0.15) is 11.5 Å². The van der Waals surface area contributed by atoms with Gasteiger partial charge in [0.1, 0.15) is 10.8 Å². The normalized spacial score (nSPS) is 26.5. The number of sulfone groups is 1. The maximum Gasteiger partial charge on any atom is 0.184 e. The molecule has 0 aliphatic heterocycles. The van der Waals surface area contributed by atoms with Gasteiger partial charge >= 0.3 is 0 Å². The monoisotopic (exact) mass is 366 g/mol. The van der Waals surface area contributed by atoms with E-state index in [0.717, 1.165) is 0 Å². The Morgan fingerprint density at radius 1 is 1.00 bits per heavy atom. The SMILES string of the molecule is N#C[C@]1(N)[C@H](c2ccc(Cl)cc2)[C@@H]1S(=O)(=O)c1ccc(Cl)cc1. The first-order valence-corrected chi connectivity index (χ1v) is 9.06. The van der Waals surface area contributed by atoms with Crippen molar-refractivity contribution >= 4 is 33.0 Å². The van der Waals surface area contributed by atoms with Gasteiger partial charge in [-0.25, -0.2) is 8.42 Å². The minimum Gasteiger partial charge on any atom is -0.312 e. The van der Waals surface area contributed by atoms with Gasteiger partial charge in [-0.05, 0) is 42.0 Å². The third kappa shape index (κ3) is 2.62. The van der Waals surface area contributed by atoms with Gasteiger partial charge in [0, 0.05) is 16.0 Å². The lowest BCUT2D eigenvalue weighted by molar-refractivity contribution is 0.592. The second-order valence-corrected chi connectivity index (χ2v) is 8.44. The summed E-state index contributed by atoms with van der Waals surface area (Å²) < 4.78 is 25.7. The number of nitriles is 1. The van der Waals surface area contributed by atoms with Crippen LogP contribution in [0.25, 0.3) is 0 Å². The number of nitrogens with zero attached hydrogens (tertiary/aromatic N) is 1. The molecule has 0 aromatic heterocycles. The van der Waals surface area contributed by atoms with E-state index in [2.05, 4.69) is 0 Å². The van der Waals surface area contributed by atoms with E-state index in [1.165, 1.54) is 24.3 Å². The highest BCUT2D eigenvalue weighted by Gasteiger charge is 2.70. The standard InChI is InChI=1S/C16H12Cl2N2O2S/c17-11-3-1-10(2-4-11)14-15(16(14,20)9-19)23(21,22)13-7-5-12(18)6-8-13/h1-8,14-15H,20H2/t14-,15+,16+/m1/s1. The highest BCUT2D eigenvalue weighted by Crippen LogP contribution is 2.55. The number of rotatable bonds is 3. The molecule has 1 saturated carbocycles. The van der Waals surface area contributed by atoms with Gasteiger partial charge in [0.15, 0.2) is 9.84 Å². The van der Waals surface area contributed by atoms with Crippen molar-refractivity contribution in [1.29, 1.82) is 5.26 Å². The summed E-state index contributed by atoms with van der Waals surface area (Å²) in [6.07, 6.45) is 0. The number of halogens is 2. The summed E-state index contributed by atoms with van der Waals surface area (Å²) >= 11 is 11.6. The van der Waals surface area contributed by atoms with Crippen LogP contribution in [-0.4, -0.2) is 19.2 Å². The molecule has 2 aromatic rings. The van der Waals surface area contributed by atoms with Crippen LogP contribution in [0.5, 0.6) is 0 Å². The zero-order valence-electron chi connectivity index (χ0n) is 11.8. The van der Waals surface area contributed by atoms with Crippen LogP contribution in [0.3, 0.4) is 0 Å². The molecule has 0 bridgehead atoms. The largest absolute Gasteiger partial charge is 0.312 e. The van der Waals surface area contributed by atoms with Crippen LogP contribution in [0, 0.1) is 11.3 Å². The molecule has 2 aromatic carbocycles. The molecule has 3 atom stereocenters. The average molecular weight is 367 g/mol. The van der Waals surface area contributed by atoms with Gasteiger partial charge in [0.25, 0.3) is 0 Å². The molecule has 118 valence electrons. The summed E-state index contributed by atoms with van der Waals surface area (Å²) in [4.78, 5) is 0.105. The number of nitrogens with two attached hydrogens (primary N) is 1. The summed E-state index contributed by atoms with van der Waals surface area (Å²) in [5.41, 5.74) is 5.29. The molecule has 0 spiro atoms. The fraction of sp³-hybridized carbons (Fsp3) is 0.188. The van der Waals surface area contributed by atoms with E-state index in [0.29, 0.717) is 15.6 Å². The van der Waals surface area contributed by atoms with Gasteiger partial charge in [0.2, 0.25) is 0 Å². The molecule has 1 aliphatic carbocycles. The molecule has 1 fully saturated rings. The third-order valence-electron chi connectivity index (χ3n) is 4.08. The minimum absolute atomic E-state index is 0.105. The summed E-state index contributed by atoms with van der Waals surface area (Å²) in [5, 5.41) is 9.36. The highest BCUT2D eigenvalue weighted by molar-refractivity contribution is 7.92. The second kappa shape index (κ2) is 5.50. The van der Waals surface area contributed by atoms with Crippen molar-refractivity contribution in [1.82, 2.24) is 0 Å². The van der Waals surface area contributed by atoms with E-state index >= 15 is 0 Å². The van der Waals surface area contributed by atoms with E-state index in [4.69, 9.17) is 28.9 Å². The van der Waals surface area contributed by atoms with Crippen LogP contribution >= 0.6 is 23.2 Å². The first-order chi connectivity index (χ1) is 10.8. The van der Waals surface area contributed by atoms with E-state index < -0.39 is 26.5 Å². The molecule has 4 nitrogen and oxygen atoms in total. The lowest BCUT2D eigenvalue weighted by Gasteiger charge is -2.04. The van der Waals surface area contributed by atoms with Crippen LogP contribution < -0.4 is 5.73 Å². The first kappa shape index (κ1) is 16.3. The lowest BCUT2D eigenvalue weighted by atomic mass is 10.1. The van der Waals surface area contributed by atoms with Crippen LogP contribution in [-0.2, 0) is 9.84 Å². The van der Waals surface area contributed by atoms with Gasteiger partial charge in [-0.3, -0.25) is 0 Å².